The topological polar surface area (TPSA) is 208 Å². The van der Waals surface area contributed by atoms with Gasteiger partial charge in [0, 0.05) is 37.5 Å². The van der Waals surface area contributed by atoms with Crippen LogP contribution in [0.3, 0.4) is 0 Å². The number of carbonyl (C=O) groups excluding carboxylic acids is 4. The van der Waals surface area contributed by atoms with Crippen LogP contribution in [0.1, 0.15) is 59.4 Å². The average Bonchev–Trinajstić information content (AvgIpc) is 4.02. The lowest BCUT2D eigenvalue weighted by Crippen LogP contribution is -2.51. The fraction of sp³-hybridized carbons (Fsp3) is 0.308. The molecule has 0 radical (unpaired) electrons. The Bertz CT molecular complexity index is 2270. The van der Waals surface area contributed by atoms with Gasteiger partial charge in [0.15, 0.2) is 0 Å². The molecule has 6 N–H and O–H groups in total. The lowest BCUT2D eigenvalue weighted by molar-refractivity contribution is -0.274. The minimum Gasteiger partial charge on any atom is -0.453 e. The van der Waals surface area contributed by atoms with Crippen molar-refractivity contribution in [3.05, 3.63) is 95.6 Å². The Labute approximate surface area is 340 Å². The maximum atomic E-state index is 13.7. The minimum absolute atomic E-state index is 0.0143. The van der Waals surface area contributed by atoms with Gasteiger partial charge in [-0.15, -0.1) is 13.2 Å². The molecule has 5 aromatic rings. The van der Waals surface area contributed by atoms with Crippen molar-refractivity contribution in [2.75, 3.05) is 37.4 Å². The second kappa shape index (κ2) is 18.3. The summed E-state index contributed by atoms with van der Waals surface area (Å²) in [7, 11) is 1.23. The number of H-pyrrole nitrogens is 2. The zero-order valence-corrected chi connectivity index (χ0v) is 32.7. The Balaban J connectivity index is 1.13. The third kappa shape index (κ3) is 10.5. The third-order valence-corrected chi connectivity index (χ3v) is 9.69. The number of ether oxygens (including phenoxy) is 2. The van der Waals surface area contributed by atoms with E-state index in [1.807, 2.05) is 13.8 Å². The van der Waals surface area contributed by atoms with Gasteiger partial charge in [-0.2, -0.15) is 0 Å². The molecule has 0 spiro atoms. The number of hydrogen-bond donors (Lipinski definition) is 6. The Morgan fingerprint density at radius 2 is 1.75 bits per heavy atom. The van der Waals surface area contributed by atoms with E-state index in [-0.39, 0.29) is 52.2 Å². The predicted octanol–water partition coefficient (Wildman–Crippen LogP) is 6.55. The first-order valence-electron chi connectivity index (χ1n) is 18.4. The van der Waals surface area contributed by atoms with Crippen LogP contribution < -0.4 is 26.0 Å². The lowest BCUT2D eigenvalue weighted by Gasteiger charge is -2.30. The molecule has 1 aliphatic rings. The number of halogens is 4. The van der Waals surface area contributed by atoms with E-state index in [2.05, 4.69) is 50.9 Å². The summed E-state index contributed by atoms with van der Waals surface area (Å²) >= 11 is 6.52. The van der Waals surface area contributed by atoms with E-state index < -0.39 is 30.2 Å². The molecule has 6 rings (SSSR count). The van der Waals surface area contributed by atoms with Crippen LogP contribution in [0.25, 0.3) is 22.4 Å². The number of aromatic amines is 2. The van der Waals surface area contributed by atoms with Crippen LogP contribution in [0.2, 0.25) is 5.02 Å². The van der Waals surface area contributed by atoms with E-state index in [0.717, 1.165) is 12.5 Å². The number of methoxy groups -OCH3 is 1. The number of anilines is 2. The maximum absolute atomic E-state index is 13.7. The number of imidazole rings is 2. The molecule has 4 heterocycles. The van der Waals surface area contributed by atoms with Crippen LogP contribution in [0.4, 0.5) is 29.5 Å². The monoisotopic (exact) mass is 836 g/mol. The smallest absolute Gasteiger partial charge is 0.453 e. The van der Waals surface area contributed by atoms with E-state index >= 15 is 0 Å². The van der Waals surface area contributed by atoms with Crippen molar-refractivity contribution in [1.29, 1.82) is 0 Å². The summed E-state index contributed by atoms with van der Waals surface area (Å²) in [6, 6.07) is 10.7. The first-order valence-corrected chi connectivity index (χ1v) is 18.8. The molecule has 1 aliphatic heterocycles. The van der Waals surface area contributed by atoms with Gasteiger partial charge in [0.2, 0.25) is 5.91 Å². The van der Waals surface area contributed by atoms with Crippen molar-refractivity contribution in [2.45, 2.75) is 45.1 Å². The van der Waals surface area contributed by atoms with Gasteiger partial charge in [0.05, 0.1) is 53.8 Å². The number of alkyl halides is 3. The summed E-state index contributed by atoms with van der Waals surface area (Å²) in [6.07, 6.45) is 1.29. The van der Waals surface area contributed by atoms with E-state index in [0.29, 0.717) is 53.7 Å². The standard InChI is InChI=1S/C39H40ClF3N10O6/c1-21(2)33(52-38(57)58-3)37(56)53-14-4-5-30(53)34-48-19-28(50-34)23-8-6-22(7-9-23)25-15-26(40)27(16-31(25)59-39(41,42)43)51-35(54)24-10-11-32(47-17-24)45-12-13-46-36(55)29-18-44-20-49-29/h6-11,15-21,30,33H,4-5,12-14H2,1-3H3,(H,44,49)(H,45,47)(H,46,55)(H,48,50)(H,51,54)(H,52,57)/t30-,33-/m0/s1. The number of hydrogen-bond acceptors (Lipinski definition) is 10. The highest BCUT2D eigenvalue weighted by Gasteiger charge is 2.38. The van der Waals surface area contributed by atoms with Crippen LogP contribution in [0.15, 0.2) is 73.4 Å². The number of benzene rings is 2. The molecule has 16 nitrogen and oxygen atoms in total. The lowest BCUT2D eigenvalue weighted by atomic mass is 10.0. The number of aromatic nitrogens is 5. The molecule has 2 aromatic carbocycles. The summed E-state index contributed by atoms with van der Waals surface area (Å²) in [5.41, 5.74) is 1.91. The van der Waals surface area contributed by atoms with Crippen molar-refractivity contribution in [3.63, 3.8) is 0 Å². The van der Waals surface area contributed by atoms with Gasteiger partial charge in [-0.05, 0) is 48.1 Å². The van der Waals surface area contributed by atoms with E-state index in [4.69, 9.17) is 16.3 Å². The number of carbonyl (C=O) groups is 4. The van der Waals surface area contributed by atoms with Crippen LogP contribution in [-0.2, 0) is 9.53 Å². The molecule has 0 aliphatic carbocycles. The molecular weight excluding hydrogens is 797 g/mol. The molecule has 4 amide bonds. The van der Waals surface area contributed by atoms with E-state index in [1.165, 1.54) is 44.0 Å². The fourth-order valence-electron chi connectivity index (χ4n) is 6.43. The second-order valence-corrected chi connectivity index (χ2v) is 14.1. The average molecular weight is 837 g/mol. The summed E-state index contributed by atoms with van der Waals surface area (Å²) < 4.78 is 50.1. The molecule has 0 saturated carbocycles. The zero-order chi connectivity index (χ0) is 42.3. The number of rotatable bonds is 14. The molecule has 0 bridgehead atoms. The van der Waals surface area contributed by atoms with Crippen LogP contribution >= 0.6 is 11.6 Å². The Kier molecular flexibility index (Phi) is 13.0. The molecule has 2 atom stereocenters. The summed E-state index contributed by atoms with van der Waals surface area (Å²) in [6.45, 7) is 4.74. The third-order valence-electron chi connectivity index (χ3n) is 9.37. The highest BCUT2D eigenvalue weighted by molar-refractivity contribution is 6.34. The summed E-state index contributed by atoms with van der Waals surface area (Å²) in [5.74, 6) is -1.09. The highest BCUT2D eigenvalue weighted by Crippen LogP contribution is 2.41. The van der Waals surface area contributed by atoms with E-state index in [9.17, 15) is 32.3 Å². The Morgan fingerprint density at radius 1 is 0.983 bits per heavy atom. The molecule has 20 heteroatoms. The highest BCUT2D eigenvalue weighted by atomic mass is 35.5. The predicted molar refractivity (Wildman–Crippen MR) is 211 cm³/mol. The van der Waals surface area contributed by atoms with Crippen molar-refractivity contribution < 1.29 is 41.8 Å². The van der Waals surface area contributed by atoms with Crippen molar-refractivity contribution >= 4 is 46.9 Å². The Hall–Kier alpha value is -6.63. The van der Waals surface area contributed by atoms with Gasteiger partial charge in [0.25, 0.3) is 11.8 Å². The van der Waals surface area contributed by atoms with Gasteiger partial charge >= 0.3 is 12.5 Å². The molecule has 310 valence electrons. The number of alkyl carbamates (subject to hydrolysis) is 1. The van der Waals surface area contributed by atoms with E-state index in [1.54, 1.807) is 35.4 Å². The number of nitrogens with one attached hydrogen (secondary N) is 6. The molecule has 1 saturated heterocycles. The minimum atomic E-state index is -5.06. The maximum Gasteiger partial charge on any atom is 0.573 e. The molecule has 1 fully saturated rings. The van der Waals surface area contributed by atoms with Gasteiger partial charge in [0.1, 0.15) is 29.1 Å². The van der Waals surface area contributed by atoms with Gasteiger partial charge in [-0.1, -0.05) is 49.7 Å². The number of nitrogens with zero attached hydrogens (tertiary/aromatic N) is 4. The quantitative estimate of drug-likeness (QED) is 0.0665. The number of likely N-dealkylation sites (tertiary alicyclic amines) is 1. The van der Waals surface area contributed by atoms with Crippen molar-refractivity contribution in [3.8, 4) is 28.1 Å². The van der Waals surface area contributed by atoms with Crippen LogP contribution in [0.5, 0.6) is 5.75 Å². The first kappa shape index (κ1) is 42.0. The molecule has 3 aromatic heterocycles. The van der Waals surface area contributed by atoms with Crippen LogP contribution in [-0.4, -0.2) is 92.8 Å². The number of pyridine rings is 1. The summed E-state index contributed by atoms with van der Waals surface area (Å²) in [4.78, 5) is 70.7. The van der Waals surface area contributed by atoms with Crippen molar-refractivity contribution in [1.82, 2.24) is 40.5 Å². The first-order chi connectivity index (χ1) is 28.2. The zero-order valence-electron chi connectivity index (χ0n) is 31.9. The molecular formula is C39H40ClF3N10O6. The van der Waals surface area contributed by atoms with Crippen molar-refractivity contribution in [2.24, 2.45) is 5.92 Å². The Morgan fingerprint density at radius 3 is 2.41 bits per heavy atom. The molecule has 0 unspecified atom stereocenters. The normalized spacial score (nSPS) is 14.4. The largest absolute Gasteiger partial charge is 0.573 e. The fourth-order valence-corrected chi connectivity index (χ4v) is 6.64. The van der Waals surface area contributed by atoms with Gasteiger partial charge in [-0.3, -0.25) is 14.4 Å². The second-order valence-electron chi connectivity index (χ2n) is 13.7. The number of amides is 4. The van der Waals surface area contributed by atoms with Crippen LogP contribution in [0, 0.1) is 5.92 Å². The SMILES string of the molecule is COC(=O)N[C@H](C(=O)N1CCC[C@H]1c1ncc(-c2ccc(-c3cc(Cl)c(NC(=O)c4ccc(NCCNC(=O)c5cnc[nH]5)nc4)cc3OC(F)(F)F)cc2)[nH]1)C(C)C. The van der Waals surface area contributed by atoms with Gasteiger partial charge in [-0.25, -0.2) is 19.7 Å². The summed E-state index contributed by atoms with van der Waals surface area (Å²) in [5, 5.41) is 10.8. The molecule has 59 heavy (non-hydrogen) atoms. The van der Waals surface area contributed by atoms with Gasteiger partial charge < -0.3 is 45.6 Å².